The Hall–Kier alpha value is 0.229. The van der Waals surface area contributed by atoms with E-state index in [1.807, 2.05) is 4.94 Å². The summed E-state index contributed by atoms with van der Waals surface area (Å²) in [6.45, 7) is 0. The summed E-state index contributed by atoms with van der Waals surface area (Å²) in [5, 5.41) is 8.23. The van der Waals surface area contributed by atoms with Gasteiger partial charge in [0.2, 0.25) is 0 Å². The van der Waals surface area contributed by atoms with Crippen LogP contribution < -0.4 is 0 Å². The molecule has 0 spiro atoms. The molecule has 0 unspecified atom stereocenters. The van der Waals surface area contributed by atoms with Gasteiger partial charge in [-0.1, -0.05) is 0 Å². The Morgan fingerprint density at radius 1 is 1.78 bits per heavy atom. The van der Waals surface area contributed by atoms with Crippen molar-refractivity contribution in [2.75, 3.05) is 7.11 Å². The van der Waals surface area contributed by atoms with Crippen LogP contribution in [-0.4, -0.2) is 38.4 Å². The zero-order chi connectivity index (χ0) is 7.28. The van der Waals surface area contributed by atoms with Gasteiger partial charge in [0.25, 0.3) is 0 Å². The van der Waals surface area contributed by atoms with E-state index in [4.69, 9.17) is 8.18 Å². The van der Waals surface area contributed by atoms with Gasteiger partial charge in [0.15, 0.2) is 0 Å². The topological polar surface area (TPSA) is 46.5 Å². The van der Waals surface area contributed by atoms with Gasteiger partial charge in [-0.3, -0.25) is 0 Å². The van der Waals surface area contributed by atoms with E-state index in [0.717, 1.165) is 4.44 Å². The second kappa shape index (κ2) is 5.05. The van der Waals surface area contributed by atoms with Crippen LogP contribution in [0.4, 0.5) is 0 Å². The van der Waals surface area contributed by atoms with Crippen molar-refractivity contribution in [2.24, 2.45) is 0 Å². The van der Waals surface area contributed by atoms with Crippen molar-refractivity contribution in [3.05, 3.63) is 0 Å². The number of hydrogen-bond donors (Lipinski definition) is 1. The van der Waals surface area contributed by atoms with Crippen LogP contribution in [0.25, 0.3) is 0 Å². The van der Waals surface area contributed by atoms with E-state index >= 15 is 0 Å². The zero-order valence-electron chi connectivity index (χ0n) is 5.68. The number of hydrogen-bond acceptors (Lipinski definition) is 2. The number of rotatable bonds is 4. The Morgan fingerprint density at radius 3 is 2.67 bits per heavy atom. The van der Waals surface area contributed by atoms with E-state index in [0.29, 0.717) is 0 Å². The van der Waals surface area contributed by atoms with Gasteiger partial charge in [-0.2, -0.15) is 0 Å². The van der Waals surface area contributed by atoms with Gasteiger partial charge in [-0.15, -0.1) is 0 Å². The average molecular weight is 238 g/mol. The Labute approximate surface area is 62.3 Å². The Kier molecular flexibility index (Phi) is 5.18. The molecular weight excluding hydrogens is 227 g/mol. The molecule has 0 aromatic rings. The first-order valence-corrected chi connectivity index (χ1v) is 8.78. The van der Waals surface area contributed by atoms with Crippen LogP contribution in [0.1, 0.15) is 6.42 Å². The van der Waals surface area contributed by atoms with E-state index in [-0.39, 0.29) is 6.42 Å². The third kappa shape index (κ3) is 6.11. The van der Waals surface area contributed by atoms with Crippen molar-refractivity contribution in [3.8, 4) is 0 Å². The fourth-order valence-electron chi connectivity index (χ4n) is 0.385. The van der Waals surface area contributed by atoms with Crippen LogP contribution in [0.2, 0.25) is 9.38 Å². The van der Waals surface area contributed by atoms with Crippen LogP contribution in [0.15, 0.2) is 0 Å². The average Bonchev–Trinajstić information content (AvgIpc) is 1.83. The predicted molar refractivity (Wildman–Crippen MR) is 35.7 cm³/mol. The van der Waals surface area contributed by atoms with Crippen molar-refractivity contribution in [1.29, 1.82) is 0 Å². The van der Waals surface area contributed by atoms with Crippen LogP contribution in [-0.2, 0) is 7.87 Å². The molecular formula is C5H11O3Sn. The van der Waals surface area contributed by atoms with Gasteiger partial charge in [-0.05, 0) is 0 Å². The molecule has 0 rings (SSSR count). The molecule has 0 saturated heterocycles. The third-order valence-corrected chi connectivity index (χ3v) is 5.75. The summed E-state index contributed by atoms with van der Waals surface area (Å²) >= 11 is -1.61. The molecule has 0 aliphatic heterocycles. The van der Waals surface area contributed by atoms with E-state index in [2.05, 4.69) is 0 Å². The number of carbonyl (C=O) groups is 1. The number of carboxylic acid groups (broad SMARTS) is 1. The molecule has 3 nitrogen and oxygen atoms in total. The van der Waals surface area contributed by atoms with Crippen LogP contribution >= 0.6 is 0 Å². The van der Waals surface area contributed by atoms with Crippen LogP contribution in [0.3, 0.4) is 0 Å². The standard InChI is InChI=1S/C3H5O2.CH3O.CH3.Sn/c1-2-3(4)5;1-2;;/h1-2H2,(H,4,5);1H3;1H3;/q;-1;;+1. The molecule has 0 fully saturated rings. The number of aliphatic carboxylic acids is 1. The fraction of sp³-hybridized carbons (Fsp3) is 0.800. The SMILES string of the molecule is C[O][Sn]([CH3])[CH2]CC(=O)O. The monoisotopic (exact) mass is 239 g/mol. The normalized spacial score (nSPS) is 10.1. The van der Waals surface area contributed by atoms with E-state index in [9.17, 15) is 4.79 Å². The minimum atomic E-state index is -1.61. The van der Waals surface area contributed by atoms with E-state index in [1.165, 1.54) is 0 Å². The number of carboxylic acids is 1. The van der Waals surface area contributed by atoms with E-state index < -0.39 is 26.1 Å². The summed E-state index contributed by atoms with van der Waals surface area (Å²) in [4.78, 5) is 12.0. The van der Waals surface area contributed by atoms with Crippen molar-refractivity contribution >= 4 is 26.1 Å². The summed E-state index contributed by atoms with van der Waals surface area (Å²) in [5.41, 5.74) is 0. The Balaban J connectivity index is 3.16. The summed E-state index contributed by atoms with van der Waals surface area (Å²) in [7, 11) is 1.66. The maximum absolute atomic E-state index is 10.00. The van der Waals surface area contributed by atoms with Gasteiger partial charge in [-0.25, -0.2) is 0 Å². The fourth-order valence-corrected chi connectivity index (χ4v) is 2.58. The van der Waals surface area contributed by atoms with Crippen molar-refractivity contribution < 1.29 is 13.0 Å². The molecule has 0 aromatic carbocycles. The molecule has 1 radical (unpaired) electrons. The summed E-state index contributed by atoms with van der Waals surface area (Å²) < 4.78 is 5.82. The zero-order valence-corrected chi connectivity index (χ0v) is 8.53. The molecule has 4 heteroatoms. The molecule has 1 N–H and O–H groups in total. The molecule has 0 atom stereocenters. The molecule has 0 aromatic heterocycles. The van der Waals surface area contributed by atoms with Gasteiger partial charge in [0, 0.05) is 0 Å². The molecule has 0 saturated carbocycles. The third-order valence-electron chi connectivity index (χ3n) is 1.04. The molecule has 0 aliphatic rings. The molecule has 0 aliphatic carbocycles. The summed E-state index contributed by atoms with van der Waals surface area (Å²) in [6.07, 6.45) is 0.277. The van der Waals surface area contributed by atoms with E-state index in [1.54, 1.807) is 7.11 Å². The Bertz CT molecular complexity index is 94.2. The summed E-state index contributed by atoms with van der Waals surface area (Å²) in [6, 6.07) is 0. The maximum atomic E-state index is 10.00. The first kappa shape index (κ1) is 9.23. The van der Waals surface area contributed by atoms with Crippen molar-refractivity contribution in [1.82, 2.24) is 0 Å². The molecule has 0 amide bonds. The summed E-state index contributed by atoms with van der Waals surface area (Å²) in [5.74, 6) is -0.716. The van der Waals surface area contributed by atoms with Crippen molar-refractivity contribution in [2.45, 2.75) is 15.8 Å². The van der Waals surface area contributed by atoms with Gasteiger partial charge in [0.05, 0.1) is 0 Å². The second-order valence-electron chi connectivity index (χ2n) is 1.80. The first-order valence-electron chi connectivity index (χ1n) is 2.75. The molecule has 9 heavy (non-hydrogen) atoms. The molecule has 0 heterocycles. The first-order chi connectivity index (χ1) is 4.16. The van der Waals surface area contributed by atoms with Crippen LogP contribution in [0, 0.1) is 0 Å². The quantitative estimate of drug-likeness (QED) is 0.734. The van der Waals surface area contributed by atoms with Crippen molar-refractivity contribution in [3.63, 3.8) is 0 Å². The van der Waals surface area contributed by atoms with Crippen LogP contribution in [0.5, 0.6) is 0 Å². The molecule has 0 bridgehead atoms. The molecule has 53 valence electrons. The predicted octanol–water partition coefficient (Wildman–Crippen LogP) is 0.729. The Morgan fingerprint density at radius 2 is 2.33 bits per heavy atom. The van der Waals surface area contributed by atoms with Gasteiger partial charge >= 0.3 is 62.0 Å². The second-order valence-corrected chi connectivity index (χ2v) is 8.40. The van der Waals surface area contributed by atoms with Gasteiger partial charge in [0.1, 0.15) is 0 Å². The minimum absolute atomic E-state index is 0.277. The van der Waals surface area contributed by atoms with Gasteiger partial charge < -0.3 is 0 Å².